The molecule has 0 bridgehead atoms. The van der Waals surface area contributed by atoms with Gasteiger partial charge >= 0.3 is 0 Å². The second-order valence-electron chi connectivity index (χ2n) is 3.41. The van der Waals surface area contributed by atoms with Crippen LogP contribution in [0.2, 0.25) is 0 Å². The Bertz CT molecular complexity index is 257. The van der Waals surface area contributed by atoms with Crippen LogP contribution in [0.5, 0.6) is 0 Å². The van der Waals surface area contributed by atoms with Crippen molar-refractivity contribution in [1.82, 2.24) is 4.98 Å². The first-order chi connectivity index (χ1) is 5.97. The zero-order valence-corrected chi connectivity index (χ0v) is 7.34. The fourth-order valence-corrected chi connectivity index (χ4v) is 1.79. The van der Waals surface area contributed by atoms with E-state index in [-0.39, 0.29) is 0 Å². The van der Waals surface area contributed by atoms with Crippen molar-refractivity contribution in [3.05, 3.63) is 30.1 Å². The Morgan fingerprint density at radius 1 is 1.17 bits per heavy atom. The minimum atomic E-state index is 1.25. The number of hydrogen-bond donors (Lipinski definition) is 1. The molecule has 1 aromatic rings. The molecule has 0 spiro atoms. The van der Waals surface area contributed by atoms with E-state index in [1.165, 1.54) is 43.4 Å². The molecule has 1 nitrogen and oxygen atoms in total. The lowest BCUT2D eigenvalue weighted by molar-refractivity contribution is 0.720. The zero-order valence-electron chi connectivity index (χ0n) is 7.34. The number of hydrogen-bond acceptors (Lipinski definition) is 0. The quantitative estimate of drug-likeness (QED) is 0.650. The van der Waals surface area contributed by atoms with Crippen LogP contribution in [0.15, 0.2) is 24.4 Å². The molecule has 1 heteroatoms. The molecule has 0 fully saturated rings. The summed E-state index contributed by atoms with van der Waals surface area (Å²) >= 11 is 0. The van der Waals surface area contributed by atoms with Crippen LogP contribution in [0.1, 0.15) is 37.8 Å². The van der Waals surface area contributed by atoms with Gasteiger partial charge in [0.2, 0.25) is 0 Å². The van der Waals surface area contributed by atoms with Crippen molar-refractivity contribution in [2.75, 3.05) is 0 Å². The lowest BCUT2D eigenvalue weighted by atomic mass is 10.1. The molecule has 1 N–H and O–H groups in total. The molecule has 1 aliphatic rings. The molecular weight excluding hydrogens is 146 g/mol. The Kier molecular flexibility index (Phi) is 2.31. The van der Waals surface area contributed by atoms with E-state index in [1.54, 1.807) is 0 Å². The fourth-order valence-electron chi connectivity index (χ4n) is 1.79. The first kappa shape index (κ1) is 7.66. The van der Waals surface area contributed by atoms with Gasteiger partial charge in [0.25, 0.3) is 0 Å². The maximum Gasteiger partial charge on any atom is 0.0409 e. The highest BCUT2D eigenvalue weighted by molar-refractivity contribution is 5.62. The van der Waals surface area contributed by atoms with Crippen LogP contribution in [0.25, 0.3) is 5.57 Å². The molecule has 0 saturated heterocycles. The molecule has 1 aromatic heterocycles. The van der Waals surface area contributed by atoms with Crippen LogP contribution in [0.3, 0.4) is 0 Å². The Morgan fingerprint density at radius 3 is 3.00 bits per heavy atom. The van der Waals surface area contributed by atoms with Gasteiger partial charge in [-0.15, -0.1) is 0 Å². The van der Waals surface area contributed by atoms with Gasteiger partial charge < -0.3 is 4.98 Å². The van der Waals surface area contributed by atoms with Gasteiger partial charge in [0.05, 0.1) is 0 Å². The molecule has 2 rings (SSSR count). The first-order valence-corrected chi connectivity index (χ1v) is 4.79. The SMILES string of the molecule is C1=C(c2ccc[nH]2)CCCCC1. The smallest absolute Gasteiger partial charge is 0.0409 e. The van der Waals surface area contributed by atoms with Gasteiger partial charge in [-0.05, 0) is 43.4 Å². The van der Waals surface area contributed by atoms with E-state index < -0.39 is 0 Å². The van der Waals surface area contributed by atoms with Gasteiger partial charge in [0.15, 0.2) is 0 Å². The second kappa shape index (κ2) is 3.61. The molecule has 0 radical (unpaired) electrons. The van der Waals surface area contributed by atoms with Gasteiger partial charge in [0, 0.05) is 11.9 Å². The Hall–Kier alpha value is -0.980. The van der Waals surface area contributed by atoms with Crippen molar-refractivity contribution in [3.8, 4) is 0 Å². The summed E-state index contributed by atoms with van der Waals surface area (Å²) in [5.41, 5.74) is 2.83. The molecule has 1 aliphatic carbocycles. The Morgan fingerprint density at radius 2 is 2.17 bits per heavy atom. The van der Waals surface area contributed by atoms with Crippen LogP contribution in [0.4, 0.5) is 0 Å². The minimum Gasteiger partial charge on any atom is -0.361 e. The van der Waals surface area contributed by atoms with Crippen LogP contribution in [-0.4, -0.2) is 4.98 Å². The molecule has 12 heavy (non-hydrogen) atoms. The number of nitrogens with one attached hydrogen (secondary N) is 1. The topological polar surface area (TPSA) is 15.8 Å². The minimum absolute atomic E-state index is 1.25. The summed E-state index contributed by atoms with van der Waals surface area (Å²) in [6.07, 6.45) is 11.0. The first-order valence-electron chi connectivity index (χ1n) is 4.79. The lowest BCUT2D eigenvalue weighted by Crippen LogP contribution is -1.82. The molecule has 0 aromatic carbocycles. The van der Waals surface area contributed by atoms with Crippen LogP contribution in [0, 0.1) is 0 Å². The highest BCUT2D eigenvalue weighted by atomic mass is 14.7. The van der Waals surface area contributed by atoms with E-state index in [2.05, 4.69) is 23.2 Å². The number of H-pyrrole nitrogens is 1. The molecule has 0 aliphatic heterocycles. The lowest BCUT2D eigenvalue weighted by Gasteiger charge is -2.00. The molecule has 64 valence electrons. The summed E-state index contributed by atoms with van der Waals surface area (Å²) in [6, 6.07) is 4.23. The second-order valence-corrected chi connectivity index (χ2v) is 3.41. The largest absolute Gasteiger partial charge is 0.361 e. The van der Waals surface area contributed by atoms with Crippen LogP contribution in [-0.2, 0) is 0 Å². The molecule has 0 atom stereocenters. The van der Waals surface area contributed by atoms with Crippen LogP contribution < -0.4 is 0 Å². The summed E-state index contributed by atoms with van der Waals surface area (Å²) in [7, 11) is 0. The summed E-state index contributed by atoms with van der Waals surface area (Å²) in [4.78, 5) is 3.27. The van der Waals surface area contributed by atoms with Crippen molar-refractivity contribution in [1.29, 1.82) is 0 Å². The monoisotopic (exact) mass is 161 g/mol. The van der Waals surface area contributed by atoms with E-state index in [1.807, 2.05) is 6.20 Å². The van der Waals surface area contributed by atoms with Crippen molar-refractivity contribution in [2.45, 2.75) is 32.1 Å². The summed E-state index contributed by atoms with van der Waals surface area (Å²) in [5, 5.41) is 0. The van der Waals surface area contributed by atoms with Crippen molar-refractivity contribution >= 4 is 5.57 Å². The maximum absolute atomic E-state index is 3.27. The van der Waals surface area contributed by atoms with Crippen molar-refractivity contribution in [2.24, 2.45) is 0 Å². The predicted molar refractivity (Wildman–Crippen MR) is 51.9 cm³/mol. The van der Waals surface area contributed by atoms with E-state index in [0.717, 1.165) is 0 Å². The summed E-state index contributed by atoms with van der Waals surface area (Å²) < 4.78 is 0. The summed E-state index contributed by atoms with van der Waals surface area (Å²) in [6.45, 7) is 0. The summed E-state index contributed by atoms with van der Waals surface area (Å²) in [5.74, 6) is 0. The predicted octanol–water partition coefficient (Wildman–Crippen LogP) is 3.36. The standard InChI is InChI=1S/C11H15N/c1-2-4-7-10(6-3-1)11-8-5-9-12-11/h5-6,8-9,12H,1-4,7H2. The third kappa shape index (κ3) is 1.60. The van der Waals surface area contributed by atoms with Gasteiger partial charge in [-0.25, -0.2) is 0 Å². The van der Waals surface area contributed by atoms with Gasteiger partial charge in [0.1, 0.15) is 0 Å². The zero-order chi connectivity index (χ0) is 8.23. The molecule has 0 unspecified atom stereocenters. The van der Waals surface area contributed by atoms with Crippen molar-refractivity contribution < 1.29 is 0 Å². The molecule has 1 heterocycles. The Balaban J connectivity index is 2.16. The average Bonchev–Trinajstić information content (AvgIpc) is 2.48. The molecule has 0 saturated carbocycles. The van der Waals surface area contributed by atoms with Gasteiger partial charge in [-0.2, -0.15) is 0 Å². The van der Waals surface area contributed by atoms with Gasteiger partial charge in [-0.1, -0.05) is 12.5 Å². The van der Waals surface area contributed by atoms with Crippen molar-refractivity contribution in [3.63, 3.8) is 0 Å². The van der Waals surface area contributed by atoms with E-state index in [0.29, 0.717) is 0 Å². The number of allylic oxidation sites excluding steroid dienone is 2. The number of rotatable bonds is 1. The highest BCUT2D eigenvalue weighted by Crippen LogP contribution is 2.24. The Labute approximate surface area is 73.5 Å². The van der Waals surface area contributed by atoms with E-state index in [9.17, 15) is 0 Å². The van der Waals surface area contributed by atoms with Crippen LogP contribution >= 0.6 is 0 Å². The molecular formula is C11H15N. The highest BCUT2D eigenvalue weighted by Gasteiger charge is 2.04. The van der Waals surface area contributed by atoms with E-state index in [4.69, 9.17) is 0 Å². The number of aromatic amines is 1. The normalized spacial score (nSPS) is 18.5. The third-order valence-electron chi connectivity index (χ3n) is 2.48. The third-order valence-corrected chi connectivity index (χ3v) is 2.48. The fraction of sp³-hybridized carbons (Fsp3) is 0.455. The molecule has 0 amide bonds. The van der Waals surface area contributed by atoms with Gasteiger partial charge in [-0.3, -0.25) is 0 Å². The maximum atomic E-state index is 3.27. The van der Waals surface area contributed by atoms with E-state index >= 15 is 0 Å². The number of aromatic nitrogens is 1. The average molecular weight is 161 g/mol.